The fourth-order valence-electron chi connectivity index (χ4n) is 2.84. The van der Waals surface area contributed by atoms with Gasteiger partial charge in [-0.2, -0.15) is 0 Å². The Hall–Kier alpha value is -2.95. The van der Waals surface area contributed by atoms with Gasteiger partial charge in [0.2, 0.25) is 0 Å². The van der Waals surface area contributed by atoms with Crippen molar-refractivity contribution in [2.45, 2.75) is 19.9 Å². The first-order valence-corrected chi connectivity index (χ1v) is 7.79. The zero-order chi connectivity index (χ0) is 17.3. The monoisotopic (exact) mass is 322 g/mol. The summed E-state index contributed by atoms with van der Waals surface area (Å²) in [6, 6.07) is 13.6. The molecule has 0 radical (unpaired) electrons. The average Bonchev–Trinajstić information content (AvgIpc) is 2.87. The molecule has 1 aromatic heterocycles. The number of para-hydroxylation sites is 1. The van der Waals surface area contributed by atoms with E-state index in [4.69, 9.17) is 0 Å². The molecule has 5 nitrogen and oxygen atoms in total. The molecule has 1 aromatic carbocycles. The van der Waals surface area contributed by atoms with Crippen LogP contribution in [0.1, 0.15) is 25.6 Å². The van der Waals surface area contributed by atoms with E-state index >= 15 is 0 Å². The molecule has 1 unspecified atom stereocenters. The molecule has 1 atom stereocenters. The number of carbonyl (C=O) groups excluding carboxylic acids is 2. The van der Waals surface area contributed by atoms with Gasteiger partial charge in [-0.1, -0.05) is 38.1 Å². The van der Waals surface area contributed by atoms with Crippen molar-refractivity contribution in [3.05, 3.63) is 71.8 Å². The molecular weight excluding hydrogens is 304 g/mol. The van der Waals surface area contributed by atoms with Gasteiger partial charge in [-0.25, -0.2) is 0 Å². The summed E-state index contributed by atoms with van der Waals surface area (Å²) in [7, 11) is 0. The molecule has 3 rings (SSSR count). The van der Waals surface area contributed by atoms with E-state index < -0.39 is 17.7 Å². The van der Waals surface area contributed by atoms with Crippen LogP contribution < -0.4 is 4.90 Å². The van der Waals surface area contributed by atoms with Gasteiger partial charge in [0.25, 0.3) is 5.91 Å². The quantitative estimate of drug-likeness (QED) is 0.938. The molecule has 0 fully saturated rings. The summed E-state index contributed by atoms with van der Waals surface area (Å²) < 4.78 is 0. The summed E-state index contributed by atoms with van der Waals surface area (Å²) in [5, 5.41) is 10.4. The molecule has 1 aliphatic heterocycles. The number of aromatic nitrogens is 1. The normalized spacial score (nSPS) is 17.7. The summed E-state index contributed by atoms with van der Waals surface area (Å²) in [5.41, 5.74) is 1.26. The Morgan fingerprint density at radius 1 is 1.12 bits per heavy atom. The highest BCUT2D eigenvalue weighted by molar-refractivity contribution is 6.16. The van der Waals surface area contributed by atoms with Crippen LogP contribution in [0.4, 0.5) is 5.69 Å². The highest BCUT2D eigenvalue weighted by atomic mass is 16.3. The molecule has 0 saturated heterocycles. The van der Waals surface area contributed by atoms with Crippen LogP contribution in [-0.4, -0.2) is 21.8 Å². The molecule has 2 heterocycles. The topological polar surface area (TPSA) is 70.5 Å². The van der Waals surface area contributed by atoms with Gasteiger partial charge in [0.15, 0.2) is 11.5 Å². The van der Waals surface area contributed by atoms with Crippen molar-refractivity contribution in [1.82, 2.24) is 4.98 Å². The predicted molar refractivity (Wildman–Crippen MR) is 90.4 cm³/mol. The second-order valence-corrected chi connectivity index (χ2v) is 5.95. The van der Waals surface area contributed by atoms with E-state index in [-0.39, 0.29) is 17.3 Å². The molecule has 122 valence electrons. The second kappa shape index (κ2) is 6.28. The highest BCUT2D eigenvalue weighted by Gasteiger charge is 2.45. The van der Waals surface area contributed by atoms with Crippen LogP contribution in [0.5, 0.6) is 0 Å². The Balaban J connectivity index is 2.18. The lowest BCUT2D eigenvalue weighted by molar-refractivity contribution is -0.119. The van der Waals surface area contributed by atoms with Gasteiger partial charge in [-0.05, 0) is 24.3 Å². The fraction of sp³-hybridized carbons (Fsp3) is 0.211. The number of Topliss-reactive ketones (excluding diaryl/α,β-unsaturated/α-hetero) is 1. The third kappa shape index (κ3) is 2.58. The van der Waals surface area contributed by atoms with Gasteiger partial charge in [-0.3, -0.25) is 19.5 Å². The maximum atomic E-state index is 12.7. The number of nitrogens with zero attached hydrogens (tertiary/aromatic N) is 2. The average molecular weight is 322 g/mol. The largest absolute Gasteiger partial charge is 0.503 e. The number of hydrogen-bond acceptors (Lipinski definition) is 4. The molecule has 5 heteroatoms. The molecule has 0 bridgehead atoms. The van der Waals surface area contributed by atoms with Crippen LogP contribution in [-0.2, 0) is 9.59 Å². The number of ketones is 1. The van der Waals surface area contributed by atoms with Gasteiger partial charge in [0.05, 0.1) is 11.3 Å². The van der Waals surface area contributed by atoms with Crippen molar-refractivity contribution in [2.24, 2.45) is 5.92 Å². The van der Waals surface area contributed by atoms with Crippen LogP contribution in [0, 0.1) is 5.92 Å². The predicted octanol–water partition coefficient (Wildman–Crippen LogP) is 3.21. The van der Waals surface area contributed by atoms with E-state index in [0.29, 0.717) is 11.4 Å². The molecule has 24 heavy (non-hydrogen) atoms. The lowest BCUT2D eigenvalue weighted by Crippen LogP contribution is -2.31. The summed E-state index contributed by atoms with van der Waals surface area (Å²) in [6.07, 6.45) is 1.61. The number of rotatable bonds is 4. The van der Waals surface area contributed by atoms with Crippen LogP contribution in [0.15, 0.2) is 66.1 Å². The van der Waals surface area contributed by atoms with Gasteiger partial charge < -0.3 is 5.11 Å². The molecule has 1 aliphatic rings. The molecule has 0 saturated carbocycles. The van der Waals surface area contributed by atoms with Crippen molar-refractivity contribution in [1.29, 1.82) is 0 Å². The first-order chi connectivity index (χ1) is 11.5. The lowest BCUT2D eigenvalue weighted by Gasteiger charge is -2.26. The number of pyridine rings is 1. The summed E-state index contributed by atoms with van der Waals surface area (Å²) in [5.74, 6) is -1.67. The lowest BCUT2D eigenvalue weighted by atomic mass is 9.93. The summed E-state index contributed by atoms with van der Waals surface area (Å²) >= 11 is 0. The van der Waals surface area contributed by atoms with Gasteiger partial charge in [0, 0.05) is 17.8 Å². The number of aliphatic hydroxyl groups excluding tert-OH is 1. The van der Waals surface area contributed by atoms with Gasteiger partial charge in [-0.15, -0.1) is 0 Å². The van der Waals surface area contributed by atoms with Crippen molar-refractivity contribution in [3.63, 3.8) is 0 Å². The third-order valence-electron chi connectivity index (χ3n) is 4.00. The Kier molecular flexibility index (Phi) is 4.16. The van der Waals surface area contributed by atoms with E-state index in [1.165, 1.54) is 4.90 Å². The first kappa shape index (κ1) is 15.9. The van der Waals surface area contributed by atoms with E-state index in [1.54, 1.807) is 62.5 Å². The standard InChI is InChI=1S/C19H18N2O3/c1-12(2)17(22)15-16(14-10-6-7-11-20-14)21(19(24)18(15)23)13-8-4-3-5-9-13/h3-12,16,23H,1-2H3. The molecule has 1 N–H and O–H groups in total. The minimum Gasteiger partial charge on any atom is -0.503 e. The van der Waals surface area contributed by atoms with E-state index in [2.05, 4.69) is 4.98 Å². The first-order valence-electron chi connectivity index (χ1n) is 7.79. The van der Waals surface area contributed by atoms with E-state index in [9.17, 15) is 14.7 Å². The Bertz CT molecular complexity index is 798. The molecule has 0 spiro atoms. The minimum absolute atomic E-state index is 0.109. The molecule has 2 aromatic rings. The van der Waals surface area contributed by atoms with Crippen molar-refractivity contribution < 1.29 is 14.7 Å². The van der Waals surface area contributed by atoms with Crippen LogP contribution in [0.2, 0.25) is 0 Å². The Morgan fingerprint density at radius 3 is 2.38 bits per heavy atom. The zero-order valence-corrected chi connectivity index (χ0v) is 13.5. The summed E-state index contributed by atoms with van der Waals surface area (Å²) in [6.45, 7) is 3.49. The molecule has 0 aliphatic carbocycles. The highest BCUT2D eigenvalue weighted by Crippen LogP contribution is 2.40. The van der Waals surface area contributed by atoms with Crippen LogP contribution in [0.3, 0.4) is 0 Å². The number of benzene rings is 1. The molecule has 1 amide bonds. The zero-order valence-electron chi connectivity index (χ0n) is 13.5. The van der Waals surface area contributed by atoms with Crippen molar-refractivity contribution in [2.75, 3.05) is 4.90 Å². The minimum atomic E-state index is -0.726. The smallest absolute Gasteiger partial charge is 0.294 e. The fourth-order valence-corrected chi connectivity index (χ4v) is 2.84. The van der Waals surface area contributed by atoms with Crippen molar-refractivity contribution in [3.8, 4) is 0 Å². The maximum Gasteiger partial charge on any atom is 0.294 e. The maximum absolute atomic E-state index is 12.7. The summed E-state index contributed by atoms with van der Waals surface area (Å²) in [4.78, 5) is 31.0. The number of hydrogen-bond donors (Lipinski definition) is 1. The SMILES string of the molecule is CC(C)C(=O)C1=C(O)C(=O)N(c2ccccc2)C1c1ccccn1. The molecular formula is C19H18N2O3. The second-order valence-electron chi connectivity index (χ2n) is 5.95. The van der Waals surface area contributed by atoms with Crippen LogP contribution in [0.25, 0.3) is 0 Å². The van der Waals surface area contributed by atoms with Gasteiger partial charge >= 0.3 is 0 Å². The van der Waals surface area contributed by atoms with Crippen molar-refractivity contribution >= 4 is 17.4 Å². The Labute approximate surface area is 140 Å². The van der Waals surface area contributed by atoms with E-state index in [0.717, 1.165) is 0 Å². The van der Waals surface area contributed by atoms with Gasteiger partial charge in [0.1, 0.15) is 6.04 Å². The number of amides is 1. The number of carbonyl (C=O) groups is 2. The number of anilines is 1. The van der Waals surface area contributed by atoms with Crippen LogP contribution >= 0.6 is 0 Å². The Morgan fingerprint density at radius 2 is 1.79 bits per heavy atom. The number of aliphatic hydroxyl groups is 1. The van der Waals surface area contributed by atoms with E-state index in [1.807, 2.05) is 6.07 Å². The third-order valence-corrected chi connectivity index (χ3v) is 4.00.